The number of Topliss-reactive ketones (excluding diaryl/α,β-unsaturated/α-hetero) is 1. The Morgan fingerprint density at radius 1 is 0.964 bits per heavy atom. The molecule has 0 amide bonds. The van der Waals surface area contributed by atoms with E-state index in [9.17, 15) is 4.79 Å². The average molecular weight is 380 g/mol. The molecule has 1 saturated heterocycles. The van der Waals surface area contributed by atoms with Crippen LogP contribution in [0.25, 0.3) is 12.2 Å². The molecule has 6 heteroatoms. The molecule has 2 aromatic rings. The number of ketones is 1. The molecule has 0 spiro atoms. The fraction of sp³-hybridized carbons (Fsp3) is 0.273. The van der Waals surface area contributed by atoms with Crippen LogP contribution in [0.15, 0.2) is 47.8 Å². The van der Waals surface area contributed by atoms with Crippen LogP contribution in [0.4, 0.5) is 0 Å². The minimum absolute atomic E-state index is 0.0267. The third kappa shape index (κ3) is 4.07. The molecule has 0 aliphatic carbocycles. The maximum atomic E-state index is 13.1. The number of methoxy groups -OCH3 is 3. The molecule has 6 nitrogen and oxygen atoms in total. The maximum Gasteiger partial charge on any atom is 0.203 e. The number of piperidine rings is 1. The molecule has 0 bridgehead atoms. The summed E-state index contributed by atoms with van der Waals surface area (Å²) in [5, 5.41) is 0. The number of ether oxygens (including phenoxy) is 3. The largest absolute Gasteiger partial charge is 0.493 e. The first-order valence-corrected chi connectivity index (χ1v) is 8.90. The van der Waals surface area contributed by atoms with Crippen LogP contribution in [0.1, 0.15) is 11.1 Å². The number of likely N-dealkylation sites (N-methyl/N-ethyl adjacent to an activating group) is 1. The number of aromatic nitrogens is 1. The van der Waals surface area contributed by atoms with E-state index in [0.29, 0.717) is 35.9 Å². The number of benzene rings is 1. The summed E-state index contributed by atoms with van der Waals surface area (Å²) in [4.78, 5) is 19.3. The average Bonchev–Trinajstić information content (AvgIpc) is 2.71. The first-order chi connectivity index (χ1) is 13.6. The summed E-state index contributed by atoms with van der Waals surface area (Å²) >= 11 is 0. The molecule has 0 unspecified atom stereocenters. The van der Waals surface area contributed by atoms with Crippen molar-refractivity contribution >= 4 is 17.9 Å². The summed E-state index contributed by atoms with van der Waals surface area (Å²) in [7, 11) is 6.70. The Hall–Kier alpha value is -3.12. The first kappa shape index (κ1) is 19.6. The summed E-state index contributed by atoms with van der Waals surface area (Å²) in [5.41, 5.74) is 3.09. The smallest absolute Gasteiger partial charge is 0.203 e. The van der Waals surface area contributed by atoms with Crippen molar-refractivity contribution in [1.82, 2.24) is 9.88 Å². The van der Waals surface area contributed by atoms with Gasteiger partial charge in [-0.15, -0.1) is 0 Å². The molecule has 0 atom stereocenters. The van der Waals surface area contributed by atoms with E-state index < -0.39 is 0 Å². The molecule has 1 aromatic carbocycles. The number of nitrogens with zero attached hydrogens (tertiary/aromatic N) is 2. The van der Waals surface area contributed by atoms with Crippen LogP contribution >= 0.6 is 0 Å². The molecule has 146 valence electrons. The van der Waals surface area contributed by atoms with E-state index in [0.717, 1.165) is 16.7 Å². The van der Waals surface area contributed by atoms with Crippen molar-refractivity contribution < 1.29 is 19.0 Å². The number of hydrogen-bond donors (Lipinski definition) is 0. The molecule has 1 aliphatic heterocycles. The van der Waals surface area contributed by atoms with Crippen LogP contribution < -0.4 is 14.2 Å². The van der Waals surface area contributed by atoms with Gasteiger partial charge in [0.2, 0.25) is 5.75 Å². The highest BCUT2D eigenvalue weighted by molar-refractivity contribution is 6.14. The standard InChI is InChI=1S/C22H24N2O4/c1-24-13-17(10-15-6-5-9-23-12-15)20(25)18(14-24)11-16-7-8-19(26-2)22(28-4)21(16)27-3/h5-12H,13-14H2,1-4H3/b17-10+,18-11+. The summed E-state index contributed by atoms with van der Waals surface area (Å²) in [5.74, 6) is 1.64. The number of hydrogen-bond acceptors (Lipinski definition) is 6. The van der Waals surface area contributed by atoms with Gasteiger partial charge < -0.3 is 14.2 Å². The Morgan fingerprint density at radius 3 is 2.29 bits per heavy atom. The summed E-state index contributed by atoms with van der Waals surface area (Å²) < 4.78 is 16.3. The molecule has 0 N–H and O–H groups in total. The SMILES string of the molecule is COc1ccc(/C=C2\CN(C)C/C(=C\c3cccnc3)C2=O)c(OC)c1OC. The Balaban J connectivity index is 2.02. The lowest BCUT2D eigenvalue weighted by Crippen LogP contribution is -2.34. The predicted octanol–water partition coefficient (Wildman–Crippen LogP) is 3.09. The van der Waals surface area contributed by atoms with E-state index >= 15 is 0 Å². The zero-order chi connectivity index (χ0) is 20.1. The Kier molecular flexibility index (Phi) is 6.11. The molecule has 1 aromatic heterocycles. The lowest BCUT2D eigenvalue weighted by molar-refractivity contribution is -0.113. The lowest BCUT2D eigenvalue weighted by atomic mass is 9.94. The minimum Gasteiger partial charge on any atom is -0.493 e. The van der Waals surface area contributed by atoms with E-state index in [-0.39, 0.29) is 5.78 Å². The van der Waals surface area contributed by atoms with Gasteiger partial charge in [0.05, 0.1) is 21.3 Å². The fourth-order valence-corrected chi connectivity index (χ4v) is 3.30. The zero-order valence-electron chi connectivity index (χ0n) is 16.6. The van der Waals surface area contributed by atoms with Gasteiger partial charge in [-0.2, -0.15) is 0 Å². The van der Waals surface area contributed by atoms with Gasteiger partial charge in [0.1, 0.15) is 0 Å². The van der Waals surface area contributed by atoms with Crippen molar-refractivity contribution in [2.75, 3.05) is 41.5 Å². The van der Waals surface area contributed by atoms with Gasteiger partial charge in [-0.25, -0.2) is 0 Å². The molecular formula is C22H24N2O4. The monoisotopic (exact) mass is 380 g/mol. The lowest BCUT2D eigenvalue weighted by Gasteiger charge is -2.26. The van der Waals surface area contributed by atoms with Gasteiger partial charge in [0, 0.05) is 42.2 Å². The van der Waals surface area contributed by atoms with Gasteiger partial charge >= 0.3 is 0 Å². The Morgan fingerprint density at radius 2 is 1.68 bits per heavy atom. The fourth-order valence-electron chi connectivity index (χ4n) is 3.30. The maximum absolute atomic E-state index is 13.1. The van der Waals surface area contributed by atoms with Crippen LogP contribution in [0.5, 0.6) is 17.2 Å². The van der Waals surface area contributed by atoms with Crippen molar-refractivity contribution in [3.8, 4) is 17.2 Å². The third-order valence-electron chi connectivity index (χ3n) is 4.55. The summed E-state index contributed by atoms with van der Waals surface area (Å²) in [6.07, 6.45) is 7.21. The van der Waals surface area contributed by atoms with Crippen LogP contribution in [0.2, 0.25) is 0 Å². The van der Waals surface area contributed by atoms with Crippen LogP contribution in [0, 0.1) is 0 Å². The van der Waals surface area contributed by atoms with Crippen molar-refractivity contribution in [2.45, 2.75) is 0 Å². The van der Waals surface area contributed by atoms with Crippen LogP contribution in [-0.2, 0) is 4.79 Å². The highest BCUT2D eigenvalue weighted by Crippen LogP contribution is 2.40. The highest BCUT2D eigenvalue weighted by Gasteiger charge is 2.25. The summed E-state index contributed by atoms with van der Waals surface area (Å²) in [6.45, 7) is 1.15. The van der Waals surface area contributed by atoms with E-state index in [1.165, 1.54) is 0 Å². The molecule has 28 heavy (non-hydrogen) atoms. The predicted molar refractivity (Wildman–Crippen MR) is 109 cm³/mol. The van der Waals surface area contributed by atoms with Gasteiger partial charge in [-0.05, 0) is 43.0 Å². The second-order valence-electron chi connectivity index (χ2n) is 6.55. The molecule has 1 aliphatic rings. The van der Waals surface area contributed by atoms with Gasteiger partial charge in [-0.3, -0.25) is 14.7 Å². The first-order valence-electron chi connectivity index (χ1n) is 8.90. The number of rotatable bonds is 5. The van der Waals surface area contributed by atoms with E-state index in [2.05, 4.69) is 9.88 Å². The van der Waals surface area contributed by atoms with E-state index in [4.69, 9.17) is 14.2 Å². The quantitative estimate of drug-likeness (QED) is 0.743. The van der Waals surface area contributed by atoms with Gasteiger partial charge in [0.15, 0.2) is 17.3 Å². The second-order valence-corrected chi connectivity index (χ2v) is 6.55. The van der Waals surface area contributed by atoms with Crippen LogP contribution in [0.3, 0.4) is 0 Å². The van der Waals surface area contributed by atoms with E-state index in [1.54, 1.807) is 39.8 Å². The van der Waals surface area contributed by atoms with Crippen molar-refractivity contribution in [3.05, 3.63) is 58.9 Å². The Labute approximate surface area is 165 Å². The second kappa shape index (κ2) is 8.71. The van der Waals surface area contributed by atoms with Crippen LogP contribution in [-0.4, -0.2) is 57.1 Å². The molecule has 3 rings (SSSR count). The van der Waals surface area contributed by atoms with E-state index in [1.807, 2.05) is 37.4 Å². The number of carbonyl (C=O) groups is 1. The topological polar surface area (TPSA) is 60.9 Å². The molecule has 1 fully saturated rings. The summed E-state index contributed by atoms with van der Waals surface area (Å²) in [6, 6.07) is 7.45. The van der Waals surface area contributed by atoms with Crippen molar-refractivity contribution in [3.63, 3.8) is 0 Å². The van der Waals surface area contributed by atoms with Crippen molar-refractivity contribution in [1.29, 1.82) is 0 Å². The number of carbonyl (C=O) groups excluding carboxylic acids is 1. The number of likely N-dealkylation sites (tertiary alicyclic amines) is 1. The number of pyridine rings is 1. The van der Waals surface area contributed by atoms with Gasteiger partial charge in [-0.1, -0.05) is 6.07 Å². The Bertz CT molecular complexity index is 920. The van der Waals surface area contributed by atoms with Crippen molar-refractivity contribution in [2.24, 2.45) is 0 Å². The van der Waals surface area contributed by atoms with Gasteiger partial charge in [0.25, 0.3) is 0 Å². The molecule has 0 saturated carbocycles. The normalized spacial score (nSPS) is 17.8. The zero-order valence-corrected chi connectivity index (χ0v) is 16.6. The highest BCUT2D eigenvalue weighted by atomic mass is 16.5. The third-order valence-corrected chi connectivity index (χ3v) is 4.55. The minimum atomic E-state index is 0.0267. The molecule has 0 radical (unpaired) electrons. The molecular weight excluding hydrogens is 356 g/mol. The molecule has 2 heterocycles.